The second-order valence-corrected chi connectivity index (χ2v) is 8.38. The van der Waals surface area contributed by atoms with Gasteiger partial charge in [-0.2, -0.15) is 0 Å². The molecule has 1 aromatic rings. The highest BCUT2D eigenvalue weighted by Gasteiger charge is 2.37. The van der Waals surface area contributed by atoms with Crippen molar-refractivity contribution in [2.24, 2.45) is 5.92 Å². The van der Waals surface area contributed by atoms with Crippen LogP contribution in [-0.2, 0) is 14.8 Å². The number of anilines is 1. The number of aryl methyl sites for hydroxylation is 1. The average Bonchev–Trinajstić information content (AvgIpc) is 3.27. The third-order valence-electron chi connectivity index (χ3n) is 4.49. The standard InChI is InChI=1S/C16H20N2O5S/c1-10-9-12(18-7-2-8-24(18,22)23)5-6-13(10)15(19)17-14(16(20)21)11-3-4-11/h5-6,9,11,14H,2-4,7-8H2,1H3,(H,17,19)(H,20,21). The fourth-order valence-electron chi connectivity index (χ4n) is 3.02. The summed E-state index contributed by atoms with van der Waals surface area (Å²) in [4.78, 5) is 23.6. The number of rotatable bonds is 5. The van der Waals surface area contributed by atoms with Gasteiger partial charge in [0.2, 0.25) is 10.0 Å². The number of aliphatic carboxylic acids is 1. The topological polar surface area (TPSA) is 104 Å². The normalized spacial score (nSPS) is 20.6. The van der Waals surface area contributed by atoms with Crippen molar-refractivity contribution in [2.75, 3.05) is 16.6 Å². The van der Waals surface area contributed by atoms with Crippen LogP contribution < -0.4 is 9.62 Å². The lowest BCUT2D eigenvalue weighted by atomic mass is 10.1. The highest BCUT2D eigenvalue weighted by atomic mass is 32.2. The summed E-state index contributed by atoms with van der Waals surface area (Å²) in [5, 5.41) is 11.8. The number of sulfonamides is 1. The van der Waals surface area contributed by atoms with Crippen molar-refractivity contribution >= 4 is 27.6 Å². The molecule has 1 unspecified atom stereocenters. The van der Waals surface area contributed by atoms with Gasteiger partial charge in [0.05, 0.1) is 11.4 Å². The van der Waals surface area contributed by atoms with E-state index < -0.39 is 27.9 Å². The fraction of sp³-hybridized carbons (Fsp3) is 0.500. The Kier molecular flexibility index (Phi) is 4.25. The van der Waals surface area contributed by atoms with E-state index in [1.165, 1.54) is 4.31 Å². The number of hydrogen-bond donors (Lipinski definition) is 2. The molecule has 1 aromatic carbocycles. The number of carboxylic acid groups (broad SMARTS) is 1. The molecule has 2 aliphatic rings. The van der Waals surface area contributed by atoms with Gasteiger partial charge in [-0.15, -0.1) is 0 Å². The van der Waals surface area contributed by atoms with E-state index in [0.717, 1.165) is 12.8 Å². The second kappa shape index (κ2) is 6.08. The lowest BCUT2D eigenvalue weighted by Crippen LogP contribution is -2.42. The largest absolute Gasteiger partial charge is 0.480 e. The zero-order chi connectivity index (χ0) is 17.5. The maximum absolute atomic E-state index is 12.4. The van der Waals surface area contributed by atoms with Crippen molar-refractivity contribution in [3.63, 3.8) is 0 Å². The minimum atomic E-state index is -3.27. The first-order valence-corrected chi connectivity index (χ1v) is 9.55. The minimum absolute atomic E-state index is 0.000715. The highest BCUT2D eigenvalue weighted by Crippen LogP contribution is 2.33. The van der Waals surface area contributed by atoms with E-state index in [2.05, 4.69) is 5.32 Å². The van der Waals surface area contributed by atoms with Gasteiger partial charge in [-0.3, -0.25) is 9.10 Å². The number of carbonyl (C=O) groups excluding carboxylic acids is 1. The molecule has 0 bridgehead atoms. The maximum Gasteiger partial charge on any atom is 0.326 e. The monoisotopic (exact) mass is 352 g/mol. The zero-order valence-electron chi connectivity index (χ0n) is 13.4. The zero-order valence-corrected chi connectivity index (χ0v) is 14.2. The van der Waals surface area contributed by atoms with Gasteiger partial charge in [0.1, 0.15) is 6.04 Å². The van der Waals surface area contributed by atoms with Crippen LogP contribution in [0.5, 0.6) is 0 Å². The Morgan fingerprint density at radius 1 is 1.33 bits per heavy atom. The molecule has 1 aliphatic heterocycles. The Bertz CT molecular complexity index is 786. The molecule has 130 valence electrons. The molecule has 1 heterocycles. The summed E-state index contributed by atoms with van der Waals surface area (Å²) in [5.41, 5.74) is 1.52. The molecule has 2 N–H and O–H groups in total. The van der Waals surface area contributed by atoms with Crippen LogP contribution in [0.4, 0.5) is 5.69 Å². The molecular weight excluding hydrogens is 332 g/mol. The predicted molar refractivity (Wildman–Crippen MR) is 88.5 cm³/mol. The molecule has 1 saturated heterocycles. The lowest BCUT2D eigenvalue weighted by molar-refractivity contribution is -0.139. The number of carbonyl (C=O) groups is 2. The Labute approximate surface area is 140 Å². The van der Waals surface area contributed by atoms with Crippen molar-refractivity contribution in [2.45, 2.75) is 32.2 Å². The smallest absolute Gasteiger partial charge is 0.326 e. The molecule has 1 atom stereocenters. The van der Waals surface area contributed by atoms with E-state index in [-0.39, 0.29) is 11.7 Å². The van der Waals surface area contributed by atoms with E-state index in [9.17, 15) is 23.1 Å². The van der Waals surface area contributed by atoms with Crippen molar-refractivity contribution in [1.29, 1.82) is 0 Å². The van der Waals surface area contributed by atoms with Crippen molar-refractivity contribution in [1.82, 2.24) is 5.32 Å². The molecule has 1 amide bonds. The summed E-state index contributed by atoms with van der Waals surface area (Å²) < 4.78 is 25.3. The van der Waals surface area contributed by atoms with E-state index >= 15 is 0 Å². The molecule has 0 radical (unpaired) electrons. The summed E-state index contributed by atoms with van der Waals surface area (Å²) in [6.07, 6.45) is 2.20. The maximum atomic E-state index is 12.4. The van der Waals surface area contributed by atoms with Crippen LogP contribution >= 0.6 is 0 Å². The van der Waals surface area contributed by atoms with E-state index in [0.29, 0.717) is 29.8 Å². The number of carboxylic acids is 1. The van der Waals surface area contributed by atoms with Crippen LogP contribution in [0.25, 0.3) is 0 Å². The van der Waals surface area contributed by atoms with Crippen LogP contribution in [0.1, 0.15) is 35.2 Å². The van der Waals surface area contributed by atoms with Crippen LogP contribution in [0, 0.1) is 12.8 Å². The van der Waals surface area contributed by atoms with Crippen molar-refractivity contribution < 1.29 is 23.1 Å². The summed E-state index contributed by atoms with van der Waals surface area (Å²) >= 11 is 0. The van der Waals surface area contributed by atoms with Crippen LogP contribution in [0.3, 0.4) is 0 Å². The summed E-state index contributed by atoms with van der Waals surface area (Å²) in [7, 11) is -3.27. The summed E-state index contributed by atoms with van der Waals surface area (Å²) in [5.74, 6) is -1.33. The number of nitrogens with one attached hydrogen (secondary N) is 1. The Morgan fingerprint density at radius 2 is 2.04 bits per heavy atom. The lowest BCUT2D eigenvalue weighted by Gasteiger charge is -2.19. The van der Waals surface area contributed by atoms with Gasteiger partial charge >= 0.3 is 5.97 Å². The SMILES string of the molecule is Cc1cc(N2CCCS2(=O)=O)ccc1C(=O)NC(C(=O)O)C1CC1. The van der Waals surface area contributed by atoms with Crippen LogP contribution in [0.15, 0.2) is 18.2 Å². The van der Waals surface area contributed by atoms with E-state index in [1.54, 1.807) is 25.1 Å². The molecule has 7 nitrogen and oxygen atoms in total. The summed E-state index contributed by atoms with van der Waals surface area (Å²) in [6, 6.07) is 3.94. The van der Waals surface area contributed by atoms with Crippen molar-refractivity contribution in [3.05, 3.63) is 29.3 Å². The van der Waals surface area contributed by atoms with Crippen molar-refractivity contribution in [3.8, 4) is 0 Å². The molecule has 0 spiro atoms. The number of benzene rings is 1. The van der Waals surface area contributed by atoms with Gasteiger partial charge in [0, 0.05) is 12.1 Å². The highest BCUT2D eigenvalue weighted by molar-refractivity contribution is 7.93. The van der Waals surface area contributed by atoms with Gasteiger partial charge < -0.3 is 10.4 Å². The number of hydrogen-bond acceptors (Lipinski definition) is 4. The molecule has 24 heavy (non-hydrogen) atoms. The molecule has 2 fully saturated rings. The van der Waals surface area contributed by atoms with E-state index in [4.69, 9.17) is 0 Å². The first kappa shape index (κ1) is 16.8. The molecule has 1 saturated carbocycles. The van der Waals surface area contributed by atoms with Gasteiger partial charge in [-0.1, -0.05) is 0 Å². The second-order valence-electron chi connectivity index (χ2n) is 6.37. The molecule has 0 aromatic heterocycles. The van der Waals surface area contributed by atoms with Crippen LogP contribution in [0.2, 0.25) is 0 Å². The first-order chi connectivity index (χ1) is 11.3. The number of nitrogens with zero attached hydrogens (tertiary/aromatic N) is 1. The Morgan fingerprint density at radius 3 is 2.54 bits per heavy atom. The molecule has 3 rings (SSSR count). The fourth-order valence-corrected chi connectivity index (χ4v) is 4.57. The van der Waals surface area contributed by atoms with Crippen LogP contribution in [-0.4, -0.2) is 43.7 Å². The molecule has 8 heteroatoms. The quantitative estimate of drug-likeness (QED) is 0.827. The molecular formula is C16H20N2O5S. The minimum Gasteiger partial charge on any atom is -0.480 e. The van der Waals surface area contributed by atoms with E-state index in [1.807, 2.05) is 0 Å². The third-order valence-corrected chi connectivity index (χ3v) is 6.36. The average molecular weight is 352 g/mol. The first-order valence-electron chi connectivity index (χ1n) is 7.94. The van der Waals surface area contributed by atoms with Gasteiger partial charge in [-0.05, 0) is 55.9 Å². The van der Waals surface area contributed by atoms with Gasteiger partial charge in [-0.25, -0.2) is 13.2 Å². The van der Waals surface area contributed by atoms with Gasteiger partial charge in [0.15, 0.2) is 0 Å². The Hall–Kier alpha value is -2.09. The predicted octanol–water partition coefficient (Wildman–Crippen LogP) is 1.13. The summed E-state index contributed by atoms with van der Waals surface area (Å²) in [6.45, 7) is 2.16. The Balaban J connectivity index is 1.79. The number of amides is 1. The molecule has 1 aliphatic carbocycles. The third kappa shape index (κ3) is 3.24. The van der Waals surface area contributed by atoms with Gasteiger partial charge in [0.25, 0.3) is 5.91 Å².